The van der Waals surface area contributed by atoms with Gasteiger partial charge in [0, 0.05) is 25.6 Å². The smallest absolute Gasteiger partial charge is 0.309 e. The normalized spacial score (nSPS) is 19.3. The first kappa shape index (κ1) is 22.4. The second kappa shape index (κ2) is 8.65. The Bertz CT molecular complexity index is 950. The molecule has 0 amide bonds. The number of carboxylic acids is 1. The van der Waals surface area contributed by atoms with Crippen LogP contribution in [0.1, 0.15) is 47.9 Å². The minimum atomic E-state index is -0.670. The molecule has 2 aromatic rings. The van der Waals surface area contributed by atoms with E-state index in [0.717, 1.165) is 38.4 Å². The van der Waals surface area contributed by atoms with E-state index >= 15 is 0 Å². The predicted molar refractivity (Wildman–Crippen MR) is 128 cm³/mol. The molecule has 2 aromatic carbocycles. The number of anilines is 1. The van der Waals surface area contributed by atoms with Crippen LogP contribution in [0.5, 0.6) is 0 Å². The maximum Gasteiger partial charge on any atom is 0.309 e. The molecule has 4 rings (SSSR count). The molecular weight excluding hydrogens is 431 g/mol. The van der Waals surface area contributed by atoms with E-state index in [0.29, 0.717) is 28.8 Å². The zero-order valence-electron chi connectivity index (χ0n) is 18.4. The minimum Gasteiger partial charge on any atom is -0.481 e. The van der Waals surface area contributed by atoms with E-state index in [4.69, 9.17) is 23.2 Å². The van der Waals surface area contributed by atoms with E-state index in [1.165, 1.54) is 22.3 Å². The largest absolute Gasteiger partial charge is 0.481 e. The van der Waals surface area contributed by atoms with Gasteiger partial charge < -0.3 is 10.0 Å². The molecule has 0 saturated carbocycles. The van der Waals surface area contributed by atoms with Gasteiger partial charge in [-0.2, -0.15) is 0 Å². The minimum absolute atomic E-state index is 0.477. The second-order valence-corrected chi connectivity index (χ2v) is 10.3. The number of carboxylic acid groups (broad SMARTS) is 1. The van der Waals surface area contributed by atoms with Crippen LogP contribution in [0.15, 0.2) is 30.3 Å². The van der Waals surface area contributed by atoms with Crippen molar-refractivity contribution in [3.63, 3.8) is 0 Å². The number of aliphatic carboxylic acids is 1. The van der Waals surface area contributed by atoms with Gasteiger partial charge in [0.1, 0.15) is 0 Å². The van der Waals surface area contributed by atoms with Crippen molar-refractivity contribution in [3.05, 3.63) is 62.6 Å². The molecule has 166 valence electrons. The highest BCUT2D eigenvalue weighted by Gasteiger charge is 2.37. The zero-order chi connectivity index (χ0) is 22.3. The molecule has 2 aliphatic heterocycles. The van der Waals surface area contributed by atoms with Gasteiger partial charge in [0.25, 0.3) is 0 Å². The van der Waals surface area contributed by atoms with Gasteiger partial charge in [-0.15, -0.1) is 0 Å². The monoisotopic (exact) mass is 460 g/mol. The van der Waals surface area contributed by atoms with Crippen molar-refractivity contribution in [2.75, 3.05) is 31.1 Å². The Kier molecular flexibility index (Phi) is 6.26. The fourth-order valence-electron chi connectivity index (χ4n) is 4.82. The van der Waals surface area contributed by atoms with Gasteiger partial charge in [0.15, 0.2) is 0 Å². The third-order valence-electron chi connectivity index (χ3n) is 7.18. The Morgan fingerprint density at radius 1 is 1.10 bits per heavy atom. The van der Waals surface area contributed by atoms with Crippen molar-refractivity contribution in [3.8, 4) is 0 Å². The summed E-state index contributed by atoms with van der Waals surface area (Å²) in [5.41, 5.74) is 5.73. The van der Waals surface area contributed by atoms with E-state index in [-0.39, 0.29) is 0 Å². The predicted octanol–water partition coefficient (Wildman–Crippen LogP) is 5.90. The second-order valence-electron chi connectivity index (χ2n) is 9.45. The molecule has 4 nitrogen and oxygen atoms in total. The van der Waals surface area contributed by atoms with Gasteiger partial charge in [0.2, 0.25) is 0 Å². The summed E-state index contributed by atoms with van der Waals surface area (Å²) in [5.74, 6) is -0.193. The Labute approximate surface area is 194 Å². The summed E-state index contributed by atoms with van der Waals surface area (Å²) in [4.78, 5) is 16.1. The highest BCUT2D eigenvalue weighted by molar-refractivity contribution is 6.39. The molecule has 0 unspecified atom stereocenters. The molecule has 2 saturated heterocycles. The average molecular weight is 461 g/mol. The van der Waals surface area contributed by atoms with E-state index < -0.39 is 11.4 Å². The van der Waals surface area contributed by atoms with Crippen LogP contribution in [-0.2, 0) is 11.3 Å². The van der Waals surface area contributed by atoms with Crippen LogP contribution >= 0.6 is 23.2 Å². The molecule has 0 aliphatic carbocycles. The first-order valence-corrected chi connectivity index (χ1v) is 11.7. The van der Waals surface area contributed by atoms with Crippen LogP contribution in [0.2, 0.25) is 10.0 Å². The van der Waals surface area contributed by atoms with Crippen molar-refractivity contribution < 1.29 is 9.90 Å². The molecule has 2 aliphatic rings. The third kappa shape index (κ3) is 4.44. The summed E-state index contributed by atoms with van der Waals surface area (Å²) in [6, 6.07) is 10.3. The number of nitrogens with zero attached hydrogens (tertiary/aromatic N) is 2. The number of halogens is 2. The molecule has 0 radical (unpaired) electrons. The quantitative estimate of drug-likeness (QED) is 0.602. The highest BCUT2D eigenvalue weighted by Crippen LogP contribution is 2.40. The van der Waals surface area contributed by atoms with E-state index in [1.807, 2.05) is 25.1 Å². The zero-order valence-corrected chi connectivity index (χ0v) is 19.9. The van der Waals surface area contributed by atoms with Crippen LogP contribution in [0, 0.1) is 19.3 Å². The molecule has 31 heavy (non-hydrogen) atoms. The maximum atomic E-state index is 11.5. The molecule has 2 fully saturated rings. The van der Waals surface area contributed by atoms with Crippen LogP contribution in [0.25, 0.3) is 0 Å². The molecular formula is C25H30Cl2N2O2. The van der Waals surface area contributed by atoms with E-state index in [9.17, 15) is 9.90 Å². The maximum absolute atomic E-state index is 11.5. The Balaban J connectivity index is 1.41. The van der Waals surface area contributed by atoms with E-state index in [1.54, 1.807) is 0 Å². The highest BCUT2D eigenvalue weighted by atomic mass is 35.5. The first-order chi connectivity index (χ1) is 14.7. The van der Waals surface area contributed by atoms with Gasteiger partial charge in [0.05, 0.1) is 21.1 Å². The van der Waals surface area contributed by atoms with Crippen LogP contribution < -0.4 is 4.90 Å². The van der Waals surface area contributed by atoms with Gasteiger partial charge in [-0.3, -0.25) is 9.69 Å². The van der Waals surface area contributed by atoms with Crippen LogP contribution in [-0.4, -0.2) is 42.2 Å². The molecule has 0 spiro atoms. The number of hydrogen-bond acceptors (Lipinski definition) is 3. The van der Waals surface area contributed by atoms with Gasteiger partial charge in [-0.1, -0.05) is 41.4 Å². The fourth-order valence-corrected chi connectivity index (χ4v) is 5.45. The molecule has 0 bridgehead atoms. The van der Waals surface area contributed by atoms with Crippen LogP contribution in [0.4, 0.5) is 5.69 Å². The summed E-state index contributed by atoms with van der Waals surface area (Å²) in [6.45, 7) is 10.6. The topological polar surface area (TPSA) is 43.8 Å². The number of aryl methyl sites for hydroxylation is 2. The van der Waals surface area contributed by atoms with Gasteiger partial charge >= 0.3 is 5.97 Å². The number of para-hydroxylation sites is 1. The van der Waals surface area contributed by atoms with Crippen molar-refractivity contribution in [1.29, 1.82) is 0 Å². The molecule has 1 N–H and O–H groups in total. The number of piperidine rings is 1. The summed E-state index contributed by atoms with van der Waals surface area (Å²) in [5, 5.41) is 10.9. The lowest BCUT2D eigenvalue weighted by molar-refractivity contribution is -0.150. The number of hydrogen-bond donors (Lipinski definition) is 1. The van der Waals surface area contributed by atoms with E-state index in [2.05, 4.69) is 35.8 Å². The van der Waals surface area contributed by atoms with Crippen molar-refractivity contribution in [2.45, 2.75) is 46.1 Å². The molecule has 2 heterocycles. The third-order valence-corrected chi connectivity index (χ3v) is 7.79. The Morgan fingerprint density at radius 2 is 1.65 bits per heavy atom. The Hall–Kier alpha value is -1.75. The lowest BCUT2D eigenvalue weighted by Gasteiger charge is -2.42. The molecule has 0 aromatic heterocycles. The summed E-state index contributed by atoms with van der Waals surface area (Å²) in [6.07, 6.45) is 1.42. The fraction of sp³-hybridized carbons (Fsp3) is 0.480. The number of likely N-dealkylation sites (tertiary alicyclic amines) is 1. The summed E-state index contributed by atoms with van der Waals surface area (Å²) < 4.78 is 0. The van der Waals surface area contributed by atoms with Crippen molar-refractivity contribution >= 4 is 34.9 Å². The SMILES string of the molecule is Cc1cc(C2CN(c3c(Cl)cccc3Cl)C2)cc(C)c1CN1CCC(C)(C(=O)O)CC1. The van der Waals surface area contributed by atoms with Crippen LogP contribution in [0.3, 0.4) is 0 Å². The Morgan fingerprint density at radius 3 is 2.16 bits per heavy atom. The molecule has 0 atom stereocenters. The van der Waals surface area contributed by atoms with Gasteiger partial charge in [-0.05, 0) is 81.1 Å². The average Bonchev–Trinajstić information content (AvgIpc) is 2.67. The van der Waals surface area contributed by atoms with Gasteiger partial charge in [-0.25, -0.2) is 0 Å². The molecule has 6 heteroatoms. The number of benzene rings is 2. The van der Waals surface area contributed by atoms with Crippen molar-refractivity contribution in [2.24, 2.45) is 5.41 Å². The lowest BCUT2D eigenvalue weighted by Crippen LogP contribution is -2.45. The standard InChI is InChI=1S/C25H30Cl2N2O2/c1-16-11-18(19-13-29(14-19)23-21(26)5-4-6-22(23)27)12-17(2)20(16)15-28-9-7-25(3,8-10-28)24(30)31/h4-6,11-12,19H,7-10,13-15H2,1-3H3,(H,30,31). The lowest BCUT2D eigenvalue weighted by atomic mass is 9.80. The van der Waals surface area contributed by atoms with Crippen molar-refractivity contribution in [1.82, 2.24) is 4.90 Å². The number of rotatable bonds is 5. The first-order valence-electron chi connectivity index (χ1n) is 10.9. The summed E-state index contributed by atoms with van der Waals surface area (Å²) >= 11 is 12.7. The summed E-state index contributed by atoms with van der Waals surface area (Å²) in [7, 11) is 0. The number of carbonyl (C=O) groups is 1.